The number of carbonyl (C=O) groups is 6. The molecule has 0 aliphatic heterocycles. The normalized spacial score (nSPS) is 12.9. The third-order valence-corrected chi connectivity index (χ3v) is 4.77. The number of nitrogens with zero attached hydrogens (tertiary/aromatic N) is 1. The highest BCUT2D eigenvalue weighted by atomic mass is 16.4. The first-order valence-electron chi connectivity index (χ1n) is 10.9. The highest BCUT2D eigenvalue weighted by molar-refractivity contribution is 5.98. The van der Waals surface area contributed by atoms with E-state index in [0.717, 1.165) is 4.90 Å². The summed E-state index contributed by atoms with van der Waals surface area (Å²) in [5.41, 5.74) is 5.26. The Morgan fingerprint density at radius 2 is 1.69 bits per heavy atom. The van der Waals surface area contributed by atoms with Crippen LogP contribution in [0.15, 0.2) is 48.7 Å². The molecule has 198 valence electrons. The summed E-state index contributed by atoms with van der Waals surface area (Å²) in [5, 5.41) is 18.9. The molecule has 13 heteroatoms. The van der Waals surface area contributed by atoms with Crippen molar-refractivity contribution in [2.75, 3.05) is 20.1 Å². The van der Waals surface area contributed by atoms with Crippen molar-refractivity contribution in [2.24, 2.45) is 5.73 Å². The number of amides is 6. The van der Waals surface area contributed by atoms with Gasteiger partial charge >= 0.3 is 12.0 Å². The van der Waals surface area contributed by atoms with Gasteiger partial charge in [0.1, 0.15) is 12.1 Å². The number of rotatable bonds is 15. The Hall–Kier alpha value is -4.42. The number of primary amides is 1. The average Bonchev–Trinajstić information content (AvgIpc) is 2.82. The van der Waals surface area contributed by atoms with Crippen LogP contribution in [0.3, 0.4) is 0 Å². The molecular formula is C23H34N6O7. The van der Waals surface area contributed by atoms with Crippen LogP contribution in [0.4, 0.5) is 4.79 Å². The Balaban J connectivity index is 5.57. The maximum atomic E-state index is 12.8. The first-order chi connectivity index (χ1) is 16.8. The van der Waals surface area contributed by atoms with E-state index in [9.17, 15) is 28.8 Å². The van der Waals surface area contributed by atoms with Gasteiger partial charge in [0.2, 0.25) is 17.7 Å². The predicted octanol–water partition coefficient (Wildman–Crippen LogP) is -0.714. The smallest absolute Gasteiger partial charge is 0.326 e. The lowest BCUT2D eigenvalue weighted by Gasteiger charge is -2.21. The number of nitrogens with two attached hydrogens (primary N) is 1. The van der Waals surface area contributed by atoms with Gasteiger partial charge in [-0.05, 0) is 38.0 Å². The average molecular weight is 507 g/mol. The van der Waals surface area contributed by atoms with Crippen LogP contribution in [0, 0.1) is 0 Å². The molecule has 1 unspecified atom stereocenters. The third-order valence-electron chi connectivity index (χ3n) is 4.77. The van der Waals surface area contributed by atoms with E-state index in [-0.39, 0.29) is 30.8 Å². The zero-order valence-electron chi connectivity index (χ0n) is 20.6. The van der Waals surface area contributed by atoms with E-state index in [1.54, 1.807) is 0 Å². The summed E-state index contributed by atoms with van der Waals surface area (Å²) < 4.78 is 0. The lowest BCUT2D eigenvalue weighted by atomic mass is 10.1. The first kappa shape index (κ1) is 31.6. The first-order valence-corrected chi connectivity index (χ1v) is 10.9. The Morgan fingerprint density at radius 3 is 2.19 bits per heavy atom. The minimum atomic E-state index is -1.18. The molecule has 0 aromatic rings. The van der Waals surface area contributed by atoms with Crippen molar-refractivity contribution in [3.05, 3.63) is 48.7 Å². The van der Waals surface area contributed by atoms with E-state index < -0.39 is 47.7 Å². The van der Waals surface area contributed by atoms with Crippen molar-refractivity contribution >= 4 is 35.6 Å². The fourth-order valence-corrected chi connectivity index (χ4v) is 2.58. The van der Waals surface area contributed by atoms with Gasteiger partial charge in [0, 0.05) is 31.8 Å². The maximum absolute atomic E-state index is 12.8. The van der Waals surface area contributed by atoms with E-state index in [1.807, 2.05) is 0 Å². The minimum Gasteiger partial charge on any atom is -0.480 e. The molecule has 13 nitrogen and oxygen atoms in total. The van der Waals surface area contributed by atoms with Gasteiger partial charge in [-0.1, -0.05) is 19.2 Å². The van der Waals surface area contributed by atoms with Gasteiger partial charge in [-0.15, -0.1) is 0 Å². The SMILES string of the molecule is C=C/C(=C\C=C(/C=C)C(=O)N(C)[C@@H](C)C(=O)O)NC(=O)C(CCCNC(N)=O)NC(=O)CNC(C)=O. The van der Waals surface area contributed by atoms with Gasteiger partial charge in [-0.2, -0.15) is 0 Å². The van der Waals surface area contributed by atoms with E-state index in [4.69, 9.17) is 10.8 Å². The zero-order chi connectivity index (χ0) is 27.8. The van der Waals surface area contributed by atoms with E-state index in [2.05, 4.69) is 34.4 Å². The Kier molecular flexibility index (Phi) is 14.3. The quantitative estimate of drug-likeness (QED) is 0.0956. The van der Waals surface area contributed by atoms with E-state index in [1.165, 1.54) is 45.2 Å². The molecule has 0 aromatic heterocycles. The molecule has 0 saturated carbocycles. The molecule has 6 amide bonds. The van der Waals surface area contributed by atoms with Gasteiger partial charge < -0.3 is 37.0 Å². The van der Waals surface area contributed by atoms with Crippen LogP contribution < -0.4 is 27.0 Å². The van der Waals surface area contributed by atoms with Crippen molar-refractivity contribution in [3.63, 3.8) is 0 Å². The second-order valence-corrected chi connectivity index (χ2v) is 7.53. The number of hydrogen-bond donors (Lipinski definition) is 6. The number of nitrogens with one attached hydrogen (secondary N) is 4. The molecule has 0 aromatic carbocycles. The summed E-state index contributed by atoms with van der Waals surface area (Å²) in [5.74, 6) is -3.42. The van der Waals surface area contributed by atoms with Crippen LogP contribution in [0.5, 0.6) is 0 Å². The molecule has 0 saturated heterocycles. The molecule has 0 spiro atoms. The number of allylic oxidation sites excluding steroid dienone is 3. The number of hydrogen-bond acceptors (Lipinski definition) is 6. The maximum Gasteiger partial charge on any atom is 0.326 e. The number of carboxylic acids is 1. The van der Waals surface area contributed by atoms with Crippen LogP contribution in [0.1, 0.15) is 26.7 Å². The van der Waals surface area contributed by atoms with Gasteiger partial charge in [0.05, 0.1) is 6.54 Å². The minimum absolute atomic E-state index is 0.0666. The number of carboxylic acid groups (broad SMARTS) is 1. The summed E-state index contributed by atoms with van der Waals surface area (Å²) in [6, 6.07) is -2.84. The fourth-order valence-electron chi connectivity index (χ4n) is 2.58. The van der Waals surface area contributed by atoms with E-state index in [0.29, 0.717) is 6.42 Å². The molecule has 36 heavy (non-hydrogen) atoms. The summed E-state index contributed by atoms with van der Waals surface area (Å²) in [6.07, 6.45) is 5.67. The lowest BCUT2D eigenvalue weighted by Crippen LogP contribution is -2.49. The van der Waals surface area contributed by atoms with Crippen molar-refractivity contribution < 1.29 is 33.9 Å². The summed E-state index contributed by atoms with van der Waals surface area (Å²) in [4.78, 5) is 71.5. The predicted molar refractivity (Wildman–Crippen MR) is 132 cm³/mol. The monoisotopic (exact) mass is 506 g/mol. The highest BCUT2D eigenvalue weighted by Crippen LogP contribution is 2.08. The highest BCUT2D eigenvalue weighted by Gasteiger charge is 2.23. The molecule has 2 atom stereocenters. The number of aliphatic carboxylic acids is 1. The van der Waals surface area contributed by atoms with Crippen LogP contribution >= 0.6 is 0 Å². The molecule has 0 radical (unpaired) electrons. The topological polar surface area (TPSA) is 200 Å². The van der Waals surface area contributed by atoms with Crippen molar-refractivity contribution in [1.82, 2.24) is 26.2 Å². The fraction of sp³-hybridized carbons (Fsp3) is 0.391. The molecule has 0 heterocycles. The Bertz CT molecular complexity index is 941. The zero-order valence-corrected chi connectivity index (χ0v) is 20.6. The second kappa shape index (κ2) is 16.2. The number of urea groups is 1. The van der Waals surface area contributed by atoms with Crippen LogP contribution in [-0.4, -0.2) is 77.9 Å². The Labute approximate surface area is 209 Å². The summed E-state index contributed by atoms with van der Waals surface area (Å²) in [7, 11) is 1.33. The molecule has 0 bridgehead atoms. The Morgan fingerprint density at radius 1 is 1.06 bits per heavy atom. The lowest BCUT2D eigenvalue weighted by molar-refractivity contribution is -0.146. The van der Waals surface area contributed by atoms with Crippen LogP contribution in [0.25, 0.3) is 0 Å². The van der Waals surface area contributed by atoms with Crippen molar-refractivity contribution in [3.8, 4) is 0 Å². The van der Waals surface area contributed by atoms with Gasteiger partial charge in [-0.25, -0.2) is 9.59 Å². The van der Waals surface area contributed by atoms with Gasteiger partial charge in [0.15, 0.2) is 0 Å². The van der Waals surface area contributed by atoms with E-state index >= 15 is 0 Å². The number of likely N-dealkylation sites (N-methyl/N-ethyl adjacent to an activating group) is 1. The molecule has 7 N–H and O–H groups in total. The molecule has 0 aliphatic carbocycles. The largest absolute Gasteiger partial charge is 0.480 e. The number of carbonyl (C=O) groups excluding carboxylic acids is 5. The second-order valence-electron chi connectivity index (χ2n) is 7.53. The summed E-state index contributed by atoms with van der Waals surface area (Å²) >= 11 is 0. The molecule has 0 rings (SSSR count). The molecular weight excluding hydrogens is 472 g/mol. The summed E-state index contributed by atoms with van der Waals surface area (Å²) in [6.45, 7) is 9.59. The van der Waals surface area contributed by atoms with Gasteiger partial charge in [0.25, 0.3) is 5.91 Å². The molecule has 0 fully saturated rings. The van der Waals surface area contributed by atoms with Crippen LogP contribution in [-0.2, 0) is 24.0 Å². The van der Waals surface area contributed by atoms with Crippen molar-refractivity contribution in [1.29, 1.82) is 0 Å². The standard InChI is InChI=1S/C23H34N6O7/c1-6-16(21(33)29(5)14(3)22(34)35)10-11-17(7-2)27-20(32)18(9-8-12-25-23(24)36)28-19(31)13-26-15(4)30/h6-7,10-11,14,18H,1-2,8-9,12-13H2,3-5H3,(H,26,30)(H,27,32)(H,28,31)(H,34,35)(H3,24,25,36)/b16-10+,17-11+/t14-,18?/m0/s1. The van der Waals surface area contributed by atoms with Crippen LogP contribution in [0.2, 0.25) is 0 Å². The molecule has 0 aliphatic rings. The third kappa shape index (κ3) is 12.2. The van der Waals surface area contributed by atoms with Gasteiger partial charge in [-0.3, -0.25) is 19.2 Å². The van der Waals surface area contributed by atoms with Crippen molar-refractivity contribution in [2.45, 2.75) is 38.8 Å².